The predicted molar refractivity (Wildman–Crippen MR) is 59.2 cm³/mol. The number of nitrogens with zero attached hydrogens (tertiary/aromatic N) is 1. The van der Waals surface area contributed by atoms with Crippen molar-refractivity contribution in [3.05, 3.63) is 17.8 Å². The first-order chi connectivity index (χ1) is 6.67. The van der Waals surface area contributed by atoms with E-state index in [1.165, 1.54) is 0 Å². The number of rotatable bonds is 4. The normalized spacial score (nSPS) is 10.4. The standard InChI is InChI=1S/C10H14BrNO2/c1-7(2)14-9-4-8(5-11)10(13-3)12-6-9/h4,6-7H,5H2,1-3H3. The molecular weight excluding hydrogens is 246 g/mol. The molecule has 1 aromatic heterocycles. The number of pyridine rings is 1. The summed E-state index contributed by atoms with van der Waals surface area (Å²) in [5, 5.41) is 0.707. The minimum absolute atomic E-state index is 0.161. The van der Waals surface area contributed by atoms with Crippen LogP contribution in [0.4, 0.5) is 0 Å². The summed E-state index contributed by atoms with van der Waals surface area (Å²) in [6.07, 6.45) is 1.83. The first kappa shape index (κ1) is 11.3. The minimum Gasteiger partial charge on any atom is -0.489 e. The molecular formula is C10H14BrNO2. The van der Waals surface area contributed by atoms with Crippen molar-refractivity contribution >= 4 is 15.9 Å². The van der Waals surface area contributed by atoms with E-state index in [1.54, 1.807) is 13.3 Å². The predicted octanol–water partition coefficient (Wildman–Crippen LogP) is 2.77. The molecule has 0 saturated carbocycles. The van der Waals surface area contributed by atoms with Crippen molar-refractivity contribution in [3.63, 3.8) is 0 Å². The van der Waals surface area contributed by atoms with Gasteiger partial charge >= 0.3 is 0 Å². The summed E-state index contributed by atoms with van der Waals surface area (Å²) in [5.74, 6) is 1.41. The minimum atomic E-state index is 0.161. The Morgan fingerprint density at radius 2 is 2.21 bits per heavy atom. The van der Waals surface area contributed by atoms with Gasteiger partial charge in [-0.15, -0.1) is 0 Å². The van der Waals surface area contributed by atoms with Gasteiger partial charge in [-0.3, -0.25) is 0 Å². The van der Waals surface area contributed by atoms with Crippen molar-refractivity contribution in [2.24, 2.45) is 0 Å². The Balaban J connectivity index is 2.89. The Kier molecular flexibility index (Phi) is 4.20. The van der Waals surface area contributed by atoms with Crippen LogP contribution in [-0.2, 0) is 5.33 Å². The van der Waals surface area contributed by atoms with Crippen LogP contribution < -0.4 is 9.47 Å². The molecule has 0 aliphatic carbocycles. The smallest absolute Gasteiger partial charge is 0.217 e. The van der Waals surface area contributed by atoms with Crippen molar-refractivity contribution in [1.82, 2.24) is 4.98 Å². The molecule has 78 valence electrons. The molecule has 0 radical (unpaired) electrons. The third-order valence-electron chi connectivity index (χ3n) is 1.61. The van der Waals surface area contributed by atoms with E-state index in [4.69, 9.17) is 9.47 Å². The molecule has 0 amide bonds. The lowest BCUT2D eigenvalue weighted by Gasteiger charge is -2.11. The highest BCUT2D eigenvalue weighted by atomic mass is 79.9. The van der Waals surface area contributed by atoms with Crippen LogP contribution in [0.2, 0.25) is 0 Å². The molecule has 1 heterocycles. The molecule has 4 heteroatoms. The van der Waals surface area contributed by atoms with Crippen LogP contribution in [0.5, 0.6) is 11.6 Å². The van der Waals surface area contributed by atoms with E-state index < -0.39 is 0 Å². The van der Waals surface area contributed by atoms with Crippen molar-refractivity contribution in [2.75, 3.05) is 7.11 Å². The Labute approximate surface area is 92.6 Å². The average molecular weight is 260 g/mol. The lowest BCUT2D eigenvalue weighted by Crippen LogP contribution is -2.06. The number of hydrogen-bond acceptors (Lipinski definition) is 3. The Bertz CT molecular complexity index is 302. The quantitative estimate of drug-likeness (QED) is 0.780. The fraction of sp³-hybridized carbons (Fsp3) is 0.500. The first-order valence-electron chi connectivity index (χ1n) is 4.43. The topological polar surface area (TPSA) is 31.4 Å². The molecule has 1 aromatic rings. The summed E-state index contributed by atoms with van der Waals surface area (Å²) in [4.78, 5) is 4.14. The van der Waals surface area contributed by atoms with Crippen molar-refractivity contribution in [2.45, 2.75) is 25.3 Å². The number of hydrogen-bond donors (Lipinski definition) is 0. The van der Waals surface area contributed by atoms with Gasteiger partial charge < -0.3 is 9.47 Å². The van der Waals surface area contributed by atoms with Crippen molar-refractivity contribution in [1.29, 1.82) is 0 Å². The van der Waals surface area contributed by atoms with E-state index in [0.717, 1.165) is 11.3 Å². The zero-order chi connectivity index (χ0) is 10.6. The number of aromatic nitrogens is 1. The van der Waals surface area contributed by atoms with Crippen LogP contribution in [0.3, 0.4) is 0 Å². The maximum absolute atomic E-state index is 5.52. The number of alkyl halides is 1. The summed E-state index contributed by atoms with van der Waals surface area (Å²) in [6, 6.07) is 1.93. The average Bonchev–Trinajstić information content (AvgIpc) is 2.16. The zero-order valence-corrected chi connectivity index (χ0v) is 10.2. The lowest BCUT2D eigenvalue weighted by atomic mass is 10.3. The molecule has 0 aliphatic rings. The van der Waals surface area contributed by atoms with Gasteiger partial charge in [0.2, 0.25) is 5.88 Å². The summed E-state index contributed by atoms with van der Waals surface area (Å²) < 4.78 is 10.6. The second-order valence-corrected chi connectivity index (χ2v) is 3.70. The third kappa shape index (κ3) is 2.87. The molecule has 0 unspecified atom stereocenters. The van der Waals surface area contributed by atoms with E-state index in [0.29, 0.717) is 11.2 Å². The molecule has 0 N–H and O–H groups in total. The van der Waals surface area contributed by atoms with Crippen molar-refractivity contribution in [3.8, 4) is 11.6 Å². The van der Waals surface area contributed by atoms with Gasteiger partial charge in [0.15, 0.2) is 0 Å². The lowest BCUT2D eigenvalue weighted by molar-refractivity contribution is 0.240. The Hall–Kier alpha value is -0.770. The SMILES string of the molecule is COc1ncc(OC(C)C)cc1CBr. The summed E-state index contributed by atoms with van der Waals surface area (Å²) in [6.45, 7) is 3.97. The van der Waals surface area contributed by atoms with Gasteiger partial charge in [0.05, 0.1) is 19.4 Å². The fourth-order valence-electron chi connectivity index (χ4n) is 1.09. The molecule has 3 nitrogen and oxygen atoms in total. The van der Waals surface area contributed by atoms with Crippen LogP contribution in [0, 0.1) is 0 Å². The maximum atomic E-state index is 5.52. The van der Waals surface area contributed by atoms with Crippen LogP contribution in [0.15, 0.2) is 12.3 Å². The van der Waals surface area contributed by atoms with Gasteiger partial charge in [-0.05, 0) is 19.9 Å². The number of ether oxygens (including phenoxy) is 2. The molecule has 14 heavy (non-hydrogen) atoms. The fourth-order valence-corrected chi connectivity index (χ4v) is 1.49. The molecule has 0 atom stereocenters. The van der Waals surface area contributed by atoms with Crippen LogP contribution >= 0.6 is 15.9 Å². The van der Waals surface area contributed by atoms with Gasteiger partial charge in [0.25, 0.3) is 0 Å². The largest absolute Gasteiger partial charge is 0.489 e. The van der Waals surface area contributed by atoms with Crippen LogP contribution in [0.25, 0.3) is 0 Å². The first-order valence-corrected chi connectivity index (χ1v) is 5.55. The van der Waals surface area contributed by atoms with E-state index >= 15 is 0 Å². The maximum Gasteiger partial charge on any atom is 0.217 e. The molecule has 0 saturated heterocycles. The Morgan fingerprint density at radius 1 is 1.50 bits per heavy atom. The van der Waals surface area contributed by atoms with Crippen LogP contribution in [0.1, 0.15) is 19.4 Å². The second-order valence-electron chi connectivity index (χ2n) is 3.14. The third-order valence-corrected chi connectivity index (χ3v) is 2.21. The monoisotopic (exact) mass is 259 g/mol. The van der Waals surface area contributed by atoms with Gasteiger partial charge in [0, 0.05) is 10.9 Å². The van der Waals surface area contributed by atoms with Gasteiger partial charge in [-0.2, -0.15) is 0 Å². The molecule has 0 fully saturated rings. The summed E-state index contributed by atoms with van der Waals surface area (Å²) in [5.41, 5.74) is 0.991. The number of methoxy groups -OCH3 is 1. The van der Waals surface area contributed by atoms with E-state index in [-0.39, 0.29) is 6.10 Å². The molecule has 0 bridgehead atoms. The van der Waals surface area contributed by atoms with E-state index in [1.807, 2.05) is 19.9 Å². The zero-order valence-electron chi connectivity index (χ0n) is 8.58. The summed E-state index contributed by atoms with van der Waals surface area (Å²) in [7, 11) is 1.61. The highest BCUT2D eigenvalue weighted by Crippen LogP contribution is 2.23. The summed E-state index contributed by atoms with van der Waals surface area (Å²) >= 11 is 3.37. The highest BCUT2D eigenvalue weighted by molar-refractivity contribution is 9.08. The highest BCUT2D eigenvalue weighted by Gasteiger charge is 2.06. The second kappa shape index (κ2) is 5.20. The van der Waals surface area contributed by atoms with Crippen molar-refractivity contribution < 1.29 is 9.47 Å². The molecule has 0 aliphatic heterocycles. The molecule has 0 aromatic carbocycles. The van der Waals surface area contributed by atoms with Gasteiger partial charge in [-0.25, -0.2) is 4.98 Å². The van der Waals surface area contributed by atoms with Gasteiger partial charge in [0.1, 0.15) is 5.75 Å². The van der Waals surface area contributed by atoms with E-state index in [2.05, 4.69) is 20.9 Å². The van der Waals surface area contributed by atoms with Crippen LogP contribution in [-0.4, -0.2) is 18.2 Å². The van der Waals surface area contributed by atoms with E-state index in [9.17, 15) is 0 Å². The Morgan fingerprint density at radius 3 is 2.71 bits per heavy atom. The molecule has 0 spiro atoms. The van der Waals surface area contributed by atoms with Gasteiger partial charge in [-0.1, -0.05) is 15.9 Å². The number of halogens is 1. The molecule has 1 rings (SSSR count).